The Balaban J connectivity index is 1.52. The summed E-state index contributed by atoms with van der Waals surface area (Å²) in [4.78, 5) is 20.5. The van der Waals surface area contributed by atoms with E-state index in [-0.39, 0.29) is 0 Å². The van der Waals surface area contributed by atoms with E-state index in [0.717, 1.165) is 32.3 Å². The minimum Gasteiger partial charge on any atom is -0.493 e. The lowest BCUT2D eigenvalue weighted by molar-refractivity contribution is -0.112. The van der Waals surface area contributed by atoms with Crippen molar-refractivity contribution in [2.24, 2.45) is 5.73 Å². The summed E-state index contributed by atoms with van der Waals surface area (Å²) >= 11 is 1.49. The van der Waals surface area contributed by atoms with Crippen molar-refractivity contribution in [3.05, 3.63) is 78.1 Å². The fourth-order valence-corrected chi connectivity index (χ4v) is 4.15. The molecule has 0 saturated heterocycles. The molecule has 0 radical (unpaired) electrons. The average Bonchev–Trinajstić information content (AvgIpc) is 3.20. The number of amides is 1. The van der Waals surface area contributed by atoms with Crippen LogP contribution in [0.5, 0.6) is 11.5 Å². The van der Waals surface area contributed by atoms with Crippen LogP contribution in [0, 0.1) is 0 Å². The number of methoxy groups -OCH3 is 1. The van der Waals surface area contributed by atoms with Crippen LogP contribution in [-0.2, 0) is 11.4 Å². The normalized spacial score (nSPS) is 11.4. The van der Waals surface area contributed by atoms with E-state index in [1.165, 1.54) is 11.3 Å². The fraction of sp³-hybridized carbons (Fsp3) is 0.125. The van der Waals surface area contributed by atoms with Gasteiger partial charge >= 0.3 is 0 Å². The van der Waals surface area contributed by atoms with Crippen molar-refractivity contribution in [2.45, 2.75) is 13.5 Å². The van der Waals surface area contributed by atoms with Gasteiger partial charge in [0.1, 0.15) is 6.61 Å². The number of anilines is 2. The fourth-order valence-electron chi connectivity index (χ4n) is 3.22. The Morgan fingerprint density at radius 3 is 2.75 bits per heavy atom. The van der Waals surface area contributed by atoms with E-state index in [1.807, 2.05) is 54.6 Å². The molecule has 1 amide bonds. The summed E-state index contributed by atoms with van der Waals surface area (Å²) in [5.41, 5.74) is 9.22. The van der Waals surface area contributed by atoms with E-state index in [1.54, 1.807) is 26.3 Å². The Morgan fingerprint density at radius 2 is 2.03 bits per heavy atom. The Labute approximate surface area is 189 Å². The Kier molecular flexibility index (Phi) is 6.32. The molecular formula is C24H22N4O3S. The second-order valence-electron chi connectivity index (χ2n) is 6.87. The van der Waals surface area contributed by atoms with Gasteiger partial charge in [0.05, 0.1) is 23.0 Å². The molecule has 8 heteroatoms. The number of thiazole rings is 1. The molecule has 0 aliphatic carbocycles. The van der Waals surface area contributed by atoms with Gasteiger partial charge in [0, 0.05) is 23.5 Å². The van der Waals surface area contributed by atoms with Crippen molar-refractivity contribution >= 4 is 43.9 Å². The third-order valence-electron chi connectivity index (χ3n) is 4.77. The number of benzene rings is 2. The molecule has 0 unspecified atom stereocenters. The van der Waals surface area contributed by atoms with Crippen LogP contribution in [0.3, 0.4) is 0 Å². The first-order valence-electron chi connectivity index (χ1n) is 9.92. The molecule has 2 aromatic carbocycles. The third-order valence-corrected chi connectivity index (χ3v) is 5.70. The number of fused-ring (bicyclic) bond motifs is 1. The van der Waals surface area contributed by atoms with Crippen LogP contribution in [0.4, 0.5) is 10.8 Å². The Morgan fingerprint density at radius 1 is 1.16 bits per heavy atom. The van der Waals surface area contributed by atoms with Gasteiger partial charge in [-0.3, -0.25) is 9.78 Å². The third kappa shape index (κ3) is 4.70. The zero-order chi connectivity index (χ0) is 22.5. The first-order chi connectivity index (χ1) is 15.6. The largest absolute Gasteiger partial charge is 0.493 e. The van der Waals surface area contributed by atoms with Gasteiger partial charge in [0.2, 0.25) is 5.91 Å². The minimum absolute atomic E-state index is 0.351. The number of hydrogen-bond donors (Lipinski definition) is 2. The lowest BCUT2D eigenvalue weighted by atomic mass is 10.1. The SMILES string of the molecule is CC=C(C(N)=O)c1ccc2nc(Nc3ccc(OCc4ccccn4)c(OC)c3)sc2c1. The summed E-state index contributed by atoms with van der Waals surface area (Å²) in [5, 5.41) is 4.03. The van der Waals surface area contributed by atoms with Crippen molar-refractivity contribution in [2.75, 3.05) is 12.4 Å². The summed E-state index contributed by atoms with van der Waals surface area (Å²) in [6, 6.07) is 17.0. The maximum absolute atomic E-state index is 11.6. The highest BCUT2D eigenvalue weighted by Crippen LogP contribution is 2.34. The van der Waals surface area contributed by atoms with E-state index in [9.17, 15) is 4.79 Å². The molecule has 3 N–H and O–H groups in total. The van der Waals surface area contributed by atoms with E-state index < -0.39 is 5.91 Å². The Bertz CT molecular complexity index is 1290. The Hall–Kier alpha value is -3.91. The number of nitrogens with two attached hydrogens (primary N) is 1. The molecule has 7 nitrogen and oxygen atoms in total. The second-order valence-corrected chi connectivity index (χ2v) is 7.90. The number of nitrogens with one attached hydrogen (secondary N) is 1. The average molecular weight is 447 g/mol. The molecule has 0 saturated carbocycles. The number of carbonyl (C=O) groups is 1. The highest BCUT2D eigenvalue weighted by molar-refractivity contribution is 7.22. The van der Waals surface area contributed by atoms with Gasteiger partial charge in [0.15, 0.2) is 16.6 Å². The molecule has 2 heterocycles. The monoisotopic (exact) mass is 446 g/mol. The predicted octanol–water partition coefficient (Wildman–Crippen LogP) is 4.91. The molecule has 2 aromatic heterocycles. The number of rotatable bonds is 8. The van der Waals surface area contributed by atoms with Gasteiger partial charge in [0.25, 0.3) is 0 Å². The number of ether oxygens (including phenoxy) is 2. The van der Waals surface area contributed by atoms with Crippen molar-refractivity contribution in [1.29, 1.82) is 0 Å². The summed E-state index contributed by atoms with van der Waals surface area (Å²) in [5.74, 6) is 0.781. The topological polar surface area (TPSA) is 99.4 Å². The number of aromatic nitrogens is 2. The maximum atomic E-state index is 11.6. The van der Waals surface area contributed by atoms with Gasteiger partial charge < -0.3 is 20.5 Å². The van der Waals surface area contributed by atoms with Crippen LogP contribution in [0.25, 0.3) is 15.8 Å². The van der Waals surface area contributed by atoms with Crippen LogP contribution in [0.2, 0.25) is 0 Å². The zero-order valence-corrected chi connectivity index (χ0v) is 18.5. The van der Waals surface area contributed by atoms with Crippen LogP contribution >= 0.6 is 11.3 Å². The smallest absolute Gasteiger partial charge is 0.248 e. The number of hydrogen-bond acceptors (Lipinski definition) is 7. The number of nitrogens with zero attached hydrogens (tertiary/aromatic N) is 2. The van der Waals surface area contributed by atoms with Gasteiger partial charge in [-0.15, -0.1) is 0 Å². The number of allylic oxidation sites excluding steroid dienone is 1. The predicted molar refractivity (Wildman–Crippen MR) is 127 cm³/mol. The highest BCUT2D eigenvalue weighted by atomic mass is 32.1. The number of carbonyl (C=O) groups excluding carboxylic acids is 1. The minimum atomic E-state index is -0.452. The molecule has 0 bridgehead atoms. The van der Waals surface area contributed by atoms with Crippen LogP contribution < -0.4 is 20.5 Å². The van der Waals surface area contributed by atoms with E-state index >= 15 is 0 Å². The van der Waals surface area contributed by atoms with Gasteiger partial charge in [-0.1, -0.05) is 29.5 Å². The molecule has 0 spiro atoms. The molecule has 0 aliphatic rings. The van der Waals surface area contributed by atoms with E-state index in [2.05, 4.69) is 15.3 Å². The lowest BCUT2D eigenvalue weighted by Gasteiger charge is -2.12. The quantitative estimate of drug-likeness (QED) is 0.373. The van der Waals surface area contributed by atoms with Crippen LogP contribution in [-0.4, -0.2) is 23.0 Å². The molecule has 32 heavy (non-hydrogen) atoms. The molecule has 4 rings (SSSR count). The number of pyridine rings is 1. The zero-order valence-electron chi connectivity index (χ0n) is 17.7. The van der Waals surface area contributed by atoms with Gasteiger partial charge in [-0.05, 0) is 48.9 Å². The van der Waals surface area contributed by atoms with Gasteiger partial charge in [-0.2, -0.15) is 0 Å². The van der Waals surface area contributed by atoms with E-state index in [4.69, 9.17) is 15.2 Å². The molecule has 0 fully saturated rings. The first-order valence-corrected chi connectivity index (χ1v) is 10.7. The maximum Gasteiger partial charge on any atom is 0.248 e. The summed E-state index contributed by atoms with van der Waals surface area (Å²) < 4.78 is 12.3. The van der Waals surface area contributed by atoms with Gasteiger partial charge in [-0.25, -0.2) is 4.98 Å². The van der Waals surface area contributed by atoms with Crippen LogP contribution in [0.1, 0.15) is 18.2 Å². The van der Waals surface area contributed by atoms with Crippen molar-refractivity contribution < 1.29 is 14.3 Å². The summed E-state index contributed by atoms with van der Waals surface area (Å²) in [7, 11) is 1.60. The van der Waals surface area contributed by atoms with Crippen molar-refractivity contribution in [1.82, 2.24) is 9.97 Å². The molecule has 162 valence electrons. The second kappa shape index (κ2) is 9.49. The summed E-state index contributed by atoms with van der Waals surface area (Å²) in [6.07, 6.45) is 3.45. The molecule has 4 aromatic rings. The number of primary amides is 1. The van der Waals surface area contributed by atoms with E-state index in [0.29, 0.717) is 23.7 Å². The summed E-state index contributed by atoms with van der Waals surface area (Å²) in [6.45, 7) is 2.14. The standard InChI is InChI=1S/C24H22N4O3S/c1-3-18(23(25)29)15-7-9-19-22(12-15)32-24(28-19)27-16-8-10-20(21(13-16)30-2)31-14-17-6-4-5-11-26-17/h3-13H,14H2,1-2H3,(H2,25,29)(H,27,28). The molecular weight excluding hydrogens is 424 g/mol. The van der Waals surface area contributed by atoms with Crippen molar-refractivity contribution in [3.63, 3.8) is 0 Å². The molecule has 0 atom stereocenters. The van der Waals surface area contributed by atoms with Crippen molar-refractivity contribution in [3.8, 4) is 11.5 Å². The van der Waals surface area contributed by atoms with Crippen LogP contribution in [0.15, 0.2) is 66.9 Å². The lowest BCUT2D eigenvalue weighted by Crippen LogP contribution is -2.12. The highest BCUT2D eigenvalue weighted by Gasteiger charge is 2.12. The first kappa shape index (κ1) is 21.3. The molecule has 0 aliphatic heterocycles.